The van der Waals surface area contributed by atoms with Gasteiger partial charge in [-0.15, -0.1) is 0 Å². The standard InChI is InChI=1S/C12H18F3N3O4S/c1-16-10(19)8-18(11(16)20)9-2-5-17(6-3-9)23(21,22)7-4-12(13,14)15/h9H,2-8H2,1H3. The second kappa shape index (κ2) is 6.27. The Labute approximate surface area is 132 Å². The average Bonchev–Trinajstić information content (AvgIpc) is 2.72. The monoisotopic (exact) mass is 357 g/mol. The number of amides is 3. The van der Waals surface area contributed by atoms with Crippen LogP contribution in [-0.4, -0.2) is 79.1 Å². The van der Waals surface area contributed by atoms with Crippen molar-refractivity contribution in [1.29, 1.82) is 0 Å². The Kier molecular flexibility index (Phi) is 4.90. The molecule has 0 aromatic heterocycles. The van der Waals surface area contributed by atoms with Gasteiger partial charge in [0.1, 0.15) is 6.54 Å². The van der Waals surface area contributed by atoms with Crippen LogP contribution >= 0.6 is 0 Å². The van der Waals surface area contributed by atoms with Gasteiger partial charge in [-0.3, -0.25) is 9.69 Å². The molecule has 0 saturated carbocycles. The maximum absolute atomic E-state index is 12.2. The number of nitrogens with zero attached hydrogens (tertiary/aromatic N) is 3. The van der Waals surface area contributed by atoms with Crippen molar-refractivity contribution in [2.75, 3.05) is 32.4 Å². The molecule has 0 N–H and O–H groups in total. The van der Waals surface area contributed by atoms with Crippen LogP contribution in [0.3, 0.4) is 0 Å². The summed E-state index contributed by atoms with van der Waals surface area (Å²) in [5, 5.41) is 0. The summed E-state index contributed by atoms with van der Waals surface area (Å²) in [4.78, 5) is 25.8. The Morgan fingerprint density at radius 1 is 1.17 bits per heavy atom. The van der Waals surface area contributed by atoms with Crippen LogP contribution in [0.5, 0.6) is 0 Å². The summed E-state index contributed by atoms with van der Waals surface area (Å²) in [6.45, 7) is 0.0555. The van der Waals surface area contributed by atoms with E-state index in [1.165, 1.54) is 11.9 Å². The van der Waals surface area contributed by atoms with Crippen molar-refractivity contribution >= 4 is 22.0 Å². The van der Waals surface area contributed by atoms with Crippen LogP contribution in [0.25, 0.3) is 0 Å². The first-order chi connectivity index (χ1) is 10.5. The van der Waals surface area contributed by atoms with E-state index >= 15 is 0 Å². The van der Waals surface area contributed by atoms with Gasteiger partial charge in [-0.2, -0.15) is 13.2 Å². The van der Waals surface area contributed by atoms with E-state index in [2.05, 4.69) is 0 Å². The largest absolute Gasteiger partial charge is 0.390 e. The Balaban J connectivity index is 1.91. The highest BCUT2D eigenvalue weighted by molar-refractivity contribution is 7.89. The number of sulfonamides is 1. The van der Waals surface area contributed by atoms with Gasteiger partial charge in [0, 0.05) is 26.2 Å². The zero-order chi connectivity index (χ0) is 17.4. The summed E-state index contributed by atoms with van der Waals surface area (Å²) < 4.78 is 61.4. The molecule has 7 nitrogen and oxygen atoms in total. The maximum Gasteiger partial charge on any atom is 0.390 e. The normalized spacial score (nSPS) is 22.3. The molecule has 2 saturated heterocycles. The summed E-state index contributed by atoms with van der Waals surface area (Å²) in [5.74, 6) is -1.29. The number of halogens is 3. The molecule has 0 radical (unpaired) electrons. The third-order valence-corrected chi connectivity index (χ3v) is 5.99. The summed E-state index contributed by atoms with van der Waals surface area (Å²) in [5.41, 5.74) is 0. The van der Waals surface area contributed by atoms with Crippen LogP contribution in [0.2, 0.25) is 0 Å². The van der Waals surface area contributed by atoms with Crippen LogP contribution in [-0.2, 0) is 14.8 Å². The number of hydrogen-bond donors (Lipinski definition) is 0. The van der Waals surface area contributed by atoms with Gasteiger partial charge in [-0.25, -0.2) is 17.5 Å². The SMILES string of the molecule is CN1C(=O)CN(C2CCN(S(=O)(=O)CCC(F)(F)F)CC2)C1=O. The predicted molar refractivity (Wildman–Crippen MR) is 73.9 cm³/mol. The Morgan fingerprint density at radius 3 is 2.17 bits per heavy atom. The molecule has 11 heteroatoms. The van der Waals surface area contributed by atoms with Gasteiger partial charge in [0.2, 0.25) is 15.9 Å². The number of carbonyl (C=O) groups excluding carboxylic acids is 2. The van der Waals surface area contributed by atoms with Gasteiger partial charge in [0.25, 0.3) is 0 Å². The van der Waals surface area contributed by atoms with Crippen molar-refractivity contribution in [1.82, 2.24) is 14.1 Å². The number of alkyl halides is 3. The summed E-state index contributed by atoms with van der Waals surface area (Å²) in [6.07, 6.45) is -5.28. The van der Waals surface area contributed by atoms with E-state index in [1.54, 1.807) is 0 Å². The summed E-state index contributed by atoms with van der Waals surface area (Å²) in [7, 11) is -2.59. The first-order valence-corrected chi connectivity index (χ1v) is 8.74. The second-order valence-corrected chi connectivity index (χ2v) is 7.76. The quantitative estimate of drug-likeness (QED) is 0.692. The zero-order valence-electron chi connectivity index (χ0n) is 12.5. The van der Waals surface area contributed by atoms with E-state index < -0.39 is 34.4 Å². The molecule has 0 unspecified atom stereocenters. The molecule has 0 aliphatic carbocycles. The van der Waals surface area contributed by atoms with Gasteiger partial charge >= 0.3 is 12.2 Å². The van der Waals surface area contributed by atoms with Gasteiger partial charge in [-0.05, 0) is 12.8 Å². The van der Waals surface area contributed by atoms with Crippen molar-refractivity contribution in [3.63, 3.8) is 0 Å². The smallest absolute Gasteiger partial charge is 0.312 e. The number of rotatable bonds is 4. The highest BCUT2D eigenvalue weighted by Gasteiger charge is 2.40. The highest BCUT2D eigenvalue weighted by Crippen LogP contribution is 2.25. The molecule has 2 heterocycles. The van der Waals surface area contributed by atoms with Crippen molar-refractivity contribution in [3.05, 3.63) is 0 Å². The molecule has 0 aromatic carbocycles. The van der Waals surface area contributed by atoms with Crippen molar-refractivity contribution in [3.8, 4) is 0 Å². The van der Waals surface area contributed by atoms with E-state index in [-0.39, 0.29) is 31.6 Å². The lowest BCUT2D eigenvalue weighted by Crippen LogP contribution is -2.48. The van der Waals surface area contributed by atoms with Gasteiger partial charge in [0.05, 0.1) is 12.2 Å². The molecular weight excluding hydrogens is 339 g/mol. The molecule has 0 aromatic rings. The zero-order valence-corrected chi connectivity index (χ0v) is 13.4. The molecule has 2 fully saturated rings. The number of carbonyl (C=O) groups is 2. The summed E-state index contributed by atoms with van der Waals surface area (Å²) in [6, 6.07) is -0.696. The number of hydrogen-bond acceptors (Lipinski definition) is 4. The van der Waals surface area contributed by atoms with Crippen LogP contribution < -0.4 is 0 Å². The van der Waals surface area contributed by atoms with Crippen LogP contribution in [0.4, 0.5) is 18.0 Å². The number of urea groups is 1. The highest BCUT2D eigenvalue weighted by atomic mass is 32.2. The van der Waals surface area contributed by atoms with E-state index in [0.29, 0.717) is 12.8 Å². The van der Waals surface area contributed by atoms with Crippen molar-refractivity contribution < 1.29 is 31.2 Å². The fraction of sp³-hybridized carbons (Fsp3) is 0.833. The Bertz CT molecular complexity index is 585. The van der Waals surface area contributed by atoms with Crippen LogP contribution in [0, 0.1) is 0 Å². The van der Waals surface area contributed by atoms with Gasteiger partial charge in [-0.1, -0.05) is 0 Å². The molecule has 132 valence electrons. The molecule has 0 bridgehead atoms. The fourth-order valence-electron chi connectivity index (χ4n) is 2.71. The second-order valence-electron chi connectivity index (χ2n) is 5.67. The van der Waals surface area contributed by atoms with Gasteiger partial charge < -0.3 is 4.90 Å². The molecule has 3 amide bonds. The van der Waals surface area contributed by atoms with E-state index in [4.69, 9.17) is 0 Å². The molecular formula is C12H18F3N3O4S. The Morgan fingerprint density at radius 2 is 1.74 bits per heavy atom. The molecule has 0 atom stereocenters. The van der Waals surface area contributed by atoms with E-state index in [0.717, 1.165) is 9.21 Å². The molecule has 2 aliphatic rings. The lowest BCUT2D eigenvalue weighted by Gasteiger charge is -2.35. The minimum atomic E-state index is -4.52. The molecule has 0 spiro atoms. The van der Waals surface area contributed by atoms with Crippen molar-refractivity contribution in [2.24, 2.45) is 0 Å². The molecule has 2 aliphatic heterocycles. The van der Waals surface area contributed by atoms with Gasteiger partial charge in [0.15, 0.2) is 0 Å². The number of piperidine rings is 1. The minimum absolute atomic E-state index is 0.0408. The lowest BCUT2D eigenvalue weighted by molar-refractivity contribution is -0.130. The molecule has 23 heavy (non-hydrogen) atoms. The topological polar surface area (TPSA) is 78.0 Å². The maximum atomic E-state index is 12.2. The van der Waals surface area contributed by atoms with E-state index in [9.17, 15) is 31.2 Å². The van der Waals surface area contributed by atoms with Crippen LogP contribution in [0.15, 0.2) is 0 Å². The summed E-state index contributed by atoms with van der Waals surface area (Å²) >= 11 is 0. The average molecular weight is 357 g/mol. The van der Waals surface area contributed by atoms with Crippen molar-refractivity contribution in [2.45, 2.75) is 31.5 Å². The fourth-order valence-corrected chi connectivity index (χ4v) is 4.22. The Hall–Kier alpha value is -1.36. The van der Waals surface area contributed by atoms with Crippen LogP contribution in [0.1, 0.15) is 19.3 Å². The molecule has 2 rings (SSSR count). The number of likely N-dealkylation sites (N-methyl/N-ethyl adjacent to an activating group) is 1. The van der Waals surface area contributed by atoms with E-state index in [1.807, 2.05) is 0 Å². The third kappa shape index (κ3) is 4.14. The third-order valence-electron chi connectivity index (χ3n) is 4.11. The lowest BCUT2D eigenvalue weighted by atomic mass is 10.1. The number of imide groups is 1. The minimum Gasteiger partial charge on any atom is -0.312 e. The predicted octanol–water partition coefficient (Wildman–Crippen LogP) is 0.627. The first kappa shape index (κ1) is 18.0. The first-order valence-electron chi connectivity index (χ1n) is 7.13.